The van der Waals surface area contributed by atoms with Gasteiger partial charge in [-0.15, -0.1) is 0 Å². The SMILES string of the molecule is CCCCCCCCCC/C=C\CCCCCCCCCCCCCCCCCCCCCCCCCCCC(=O)OC(COC(=O)CCCCCCCCCCCCCCC/C=C\CCCCCCCCCC)COP(=O)([O-])OCC[N+](C)(C)C. The Morgan fingerprint density at radius 2 is 0.593 bits per heavy atom. The maximum atomic E-state index is 12.9. The predicted octanol–water partition coefficient (Wildman–Crippen LogP) is 24.2. The molecule has 0 aromatic rings. The Morgan fingerprint density at radius 1 is 0.349 bits per heavy atom. The predicted molar refractivity (Wildman–Crippen MR) is 370 cm³/mol. The Morgan fingerprint density at radius 3 is 0.860 bits per heavy atom. The van der Waals surface area contributed by atoms with Crippen molar-refractivity contribution in [2.24, 2.45) is 0 Å². The van der Waals surface area contributed by atoms with E-state index in [1.54, 1.807) is 0 Å². The molecule has 0 saturated carbocycles. The maximum Gasteiger partial charge on any atom is 0.306 e. The average molecular weight is 1230 g/mol. The minimum Gasteiger partial charge on any atom is -0.756 e. The first-order valence-corrected chi connectivity index (χ1v) is 39.5. The lowest BCUT2D eigenvalue weighted by molar-refractivity contribution is -0.870. The quantitative estimate of drug-likeness (QED) is 0.0195. The van der Waals surface area contributed by atoms with Crippen LogP contribution in [0.1, 0.15) is 399 Å². The van der Waals surface area contributed by atoms with Gasteiger partial charge in [-0.2, -0.15) is 0 Å². The number of hydrogen-bond acceptors (Lipinski definition) is 8. The van der Waals surface area contributed by atoms with Crippen LogP contribution in [0.15, 0.2) is 24.3 Å². The van der Waals surface area contributed by atoms with Crippen LogP contribution in [0.3, 0.4) is 0 Å². The van der Waals surface area contributed by atoms with Gasteiger partial charge in [0.25, 0.3) is 7.82 Å². The molecule has 0 amide bonds. The highest BCUT2D eigenvalue weighted by Gasteiger charge is 2.22. The molecule has 2 atom stereocenters. The summed E-state index contributed by atoms with van der Waals surface area (Å²) in [7, 11) is 1.19. The number of rotatable bonds is 72. The number of carbonyl (C=O) groups excluding carboxylic acids is 2. The Hall–Kier alpha value is -1.51. The molecule has 510 valence electrons. The molecule has 0 rings (SSSR count). The van der Waals surface area contributed by atoms with E-state index < -0.39 is 26.5 Å². The summed E-state index contributed by atoms with van der Waals surface area (Å²) >= 11 is 0. The molecule has 0 N–H and O–H groups in total. The fraction of sp³-hybridized carbons (Fsp3) is 0.921. The summed E-state index contributed by atoms with van der Waals surface area (Å²) in [5, 5.41) is 0. The largest absolute Gasteiger partial charge is 0.756 e. The minimum absolute atomic E-state index is 0.0270. The molecule has 0 aromatic carbocycles. The second kappa shape index (κ2) is 67.9. The molecular formula is C76H148NO8P. The van der Waals surface area contributed by atoms with Crippen LogP contribution in [-0.2, 0) is 32.7 Å². The molecule has 9 nitrogen and oxygen atoms in total. The van der Waals surface area contributed by atoms with E-state index in [-0.39, 0.29) is 32.0 Å². The first-order valence-electron chi connectivity index (χ1n) is 38.0. The fourth-order valence-electron chi connectivity index (χ4n) is 11.6. The number of likely N-dealkylation sites (N-methyl/N-ethyl adjacent to an activating group) is 1. The highest BCUT2D eigenvalue weighted by atomic mass is 31.2. The number of phosphoric acid groups is 1. The standard InChI is InChI=1S/C76H148NO8P/c1-6-8-10-12-14-16-18-20-22-24-26-28-30-32-33-34-35-36-37-38-39-40-41-42-43-45-47-49-51-53-55-57-59-61-63-65-67-69-76(79)85-74(73-84-86(80,81)83-71-70-77(3,4)5)72-82-75(78)68-66-64-62-60-58-56-54-52-50-48-46-44-31-29-27-25-23-21-19-17-15-13-11-9-7-2/h24-27,74H,6-23,28-73H2,1-5H3/b26-24-,27-25-. The molecule has 2 unspecified atom stereocenters. The van der Waals surface area contributed by atoms with E-state index >= 15 is 0 Å². The Bertz CT molecular complexity index is 1500. The van der Waals surface area contributed by atoms with Crippen LogP contribution in [0.5, 0.6) is 0 Å². The monoisotopic (exact) mass is 1230 g/mol. The summed E-state index contributed by atoms with van der Waals surface area (Å²) in [6.45, 7) is 4.32. The van der Waals surface area contributed by atoms with Gasteiger partial charge >= 0.3 is 11.9 Å². The molecule has 86 heavy (non-hydrogen) atoms. The van der Waals surface area contributed by atoms with Gasteiger partial charge < -0.3 is 27.9 Å². The van der Waals surface area contributed by atoms with Crippen molar-refractivity contribution in [3.8, 4) is 0 Å². The van der Waals surface area contributed by atoms with Crippen molar-refractivity contribution in [3.05, 3.63) is 24.3 Å². The smallest absolute Gasteiger partial charge is 0.306 e. The molecule has 0 aliphatic heterocycles. The van der Waals surface area contributed by atoms with Gasteiger partial charge in [0, 0.05) is 12.8 Å². The Kier molecular flexibility index (Phi) is 66.7. The minimum atomic E-state index is -4.64. The second-order valence-electron chi connectivity index (χ2n) is 27.4. The van der Waals surface area contributed by atoms with Crippen LogP contribution in [0.2, 0.25) is 0 Å². The third-order valence-electron chi connectivity index (χ3n) is 17.4. The first kappa shape index (κ1) is 84.5. The Balaban J connectivity index is 3.91. The third kappa shape index (κ3) is 71.6. The number of ether oxygens (including phenoxy) is 2. The molecule has 0 saturated heterocycles. The van der Waals surface area contributed by atoms with Crippen molar-refractivity contribution < 1.29 is 42.1 Å². The number of quaternary nitrogens is 1. The molecule has 0 spiro atoms. The molecule has 0 aliphatic carbocycles. The normalized spacial score (nSPS) is 13.1. The van der Waals surface area contributed by atoms with Gasteiger partial charge in [-0.05, 0) is 64.2 Å². The summed E-state index contributed by atoms with van der Waals surface area (Å²) in [4.78, 5) is 38.1. The number of hydrogen-bond donors (Lipinski definition) is 0. The van der Waals surface area contributed by atoms with Crippen LogP contribution in [0.4, 0.5) is 0 Å². The second-order valence-corrected chi connectivity index (χ2v) is 28.8. The van der Waals surface area contributed by atoms with Crippen LogP contribution in [-0.4, -0.2) is 70.0 Å². The van der Waals surface area contributed by atoms with E-state index in [9.17, 15) is 19.0 Å². The fourth-order valence-corrected chi connectivity index (χ4v) is 12.3. The van der Waals surface area contributed by atoms with Gasteiger partial charge in [0.05, 0.1) is 27.7 Å². The van der Waals surface area contributed by atoms with Gasteiger partial charge in [-0.1, -0.05) is 346 Å². The van der Waals surface area contributed by atoms with Gasteiger partial charge in [0.1, 0.15) is 19.8 Å². The molecule has 0 aliphatic rings. The summed E-state index contributed by atoms with van der Waals surface area (Å²) in [5.74, 6) is -0.809. The lowest BCUT2D eigenvalue weighted by Crippen LogP contribution is -2.37. The first-order chi connectivity index (χ1) is 42.0. The zero-order valence-corrected chi connectivity index (χ0v) is 59.2. The van der Waals surface area contributed by atoms with Gasteiger partial charge in [0.15, 0.2) is 6.10 Å². The zero-order valence-electron chi connectivity index (χ0n) is 58.3. The van der Waals surface area contributed by atoms with E-state index in [2.05, 4.69) is 38.2 Å². The van der Waals surface area contributed by atoms with Gasteiger partial charge in [0.2, 0.25) is 0 Å². The Labute approximate surface area is 536 Å². The van der Waals surface area contributed by atoms with E-state index in [1.165, 1.54) is 334 Å². The van der Waals surface area contributed by atoms with E-state index in [0.29, 0.717) is 17.4 Å². The third-order valence-corrected chi connectivity index (χ3v) is 18.4. The number of phosphoric ester groups is 1. The van der Waals surface area contributed by atoms with Crippen LogP contribution in [0, 0.1) is 0 Å². The molecule has 0 heterocycles. The summed E-state index contributed by atoms with van der Waals surface area (Å²) in [6.07, 6.45) is 85.8. The summed E-state index contributed by atoms with van der Waals surface area (Å²) < 4.78 is 34.4. The van der Waals surface area contributed by atoms with Crippen molar-refractivity contribution in [1.82, 2.24) is 0 Å². The van der Waals surface area contributed by atoms with Crippen molar-refractivity contribution in [3.63, 3.8) is 0 Å². The van der Waals surface area contributed by atoms with Crippen molar-refractivity contribution in [1.29, 1.82) is 0 Å². The molecule has 0 fully saturated rings. The highest BCUT2D eigenvalue weighted by Crippen LogP contribution is 2.38. The van der Waals surface area contributed by atoms with Crippen LogP contribution < -0.4 is 4.89 Å². The number of unbranched alkanes of at least 4 members (excludes halogenated alkanes) is 54. The summed E-state index contributed by atoms with van der Waals surface area (Å²) in [6, 6.07) is 0. The zero-order chi connectivity index (χ0) is 62.6. The number of nitrogens with zero attached hydrogens (tertiary/aromatic N) is 1. The van der Waals surface area contributed by atoms with Crippen LogP contribution in [0.25, 0.3) is 0 Å². The molecule has 0 bridgehead atoms. The highest BCUT2D eigenvalue weighted by molar-refractivity contribution is 7.45. The summed E-state index contributed by atoms with van der Waals surface area (Å²) in [5.41, 5.74) is 0. The maximum absolute atomic E-state index is 12.9. The average Bonchev–Trinajstić information content (AvgIpc) is 3.67. The molecule has 0 aromatic heterocycles. The van der Waals surface area contributed by atoms with Gasteiger partial charge in [-0.3, -0.25) is 14.2 Å². The lowest BCUT2D eigenvalue weighted by Gasteiger charge is -2.28. The topological polar surface area (TPSA) is 111 Å². The molecular weight excluding hydrogens is 1090 g/mol. The van der Waals surface area contributed by atoms with E-state index in [0.717, 1.165) is 32.1 Å². The van der Waals surface area contributed by atoms with Crippen LogP contribution >= 0.6 is 7.82 Å². The number of carbonyl (C=O) groups is 2. The van der Waals surface area contributed by atoms with Crippen molar-refractivity contribution >= 4 is 19.8 Å². The van der Waals surface area contributed by atoms with E-state index in [1.807, 2.05) is 21.1 Å². The molecule has 0 radical (unpaired) electrons. The molecule has 10 heteroatoms. The van der Waals surface area contributed by atoms with E-state index in [4.69, 9.17) is 18.5 Å². The van der Waals surface area contributed by atoms with Crippen molar-refractivity contribution in [2.45, 2.75) is 405 Å². The lowest BCUT2D eigenvalue weighted by atomic mass is 10.0. The van der Waals surface area contributed by atoms with Gasteiger partial charge in [-0.25, -0.2) is 0 Å². The number of esters is 2. The van der Waals surface area contributed by atoms with Crippen molar-refractivity contribution in [2.75, 3.05) is 47.5 Å². The number of allylic oxidation sites excluding steroid dienone is 4.